The van der Waals surface area contributed by atoms with Crippen LogP contribution in [0.4, 0.5) is 54.7 Å². The van der Waals surface area contributed by atoms with Crippen molar-refractivity contribution >= 4 is 167 Å². The molecule has 0 radical (unpaired) electrons. The number of carbonyl (C=O) groups is 2. The number of aromatic nitrogens is 24. The van der Waals surface area contributed by atoms with Gasteiger partial charge in [-0.2, -0.15) is 40.8 Å². The largest absolute Gasteiger partial charge is 0.350 e. The number of hydrogen-bond acceptors (Lipinski definition) is 27. The minimum absolute atomic E-state index is 0. The molecule has 3 fully saturated rings. The minimum Gasteiger partial charge on any atom is -0.350 e. The first-order valence-corrected chi connectivity index (χ1v) is 45.9. The molecule has 2 aromatic carbocycles. The van der Waals surface area contributed by atoms with Crippen LogP contribution < -0.4 is 31.9 Å². The van der Waals surface area contributed by atoms with Gasteiger partial charge in [-0.15, -0.1) is 0 Å². The number of nitrogens with one attached hydrogen (secondary N) is 9. The van der Waals surface area contributed by atoms with E-state index in [9.17, 15) is 26.8 Å². The molecule has 3 aliphatic heterocycles. The number of benzene rings is 2. The number of rotatable bonds is 19. The van der Waals surface area contributed by atoms with Gasteiger partial charge in [0, 0.05) is 133 Å². The number of anilines is 8. The number of amidine groups is 2. The van der Waals surface area contributed by atoms with Gasteiger partial charge in [0.2, 0.25) is 0 Å². The number of hydrogen-bond donors (Lipinski definition) is 9. The smallest absolute Gasteiger partial charge is 0.275 e. The zero-order valence-electron chi connectivity index (χ0n) is 73.5. The van der Waals surface area contributed by atoms with Gasteiger partial charge in [0.1, 0.15) is 37.8 Å². The molecule has 0 unspecified atom stereocenters. The van der Waals surface area contributed by atoms with Gasteiger partial charge in [0.25, 0.3) is 17.7 Å². The highest BCUT2D eigenvalue weighted by atomic mass is 32.2. The molecule has 2 saturated carbocycles. The maximum Gasteiger partial charge on any atom is 0.275 e. The van der Waals surface area contributed by atoms with E-state index in [1.165, 1.54) is 43.4 Å². The molecule has 0 atom stereocenters. The molecule has 2 aliphatic carbocycles. The second kappa shape index (κ2) is 37.5. The second-order valence-electron chi connectivity index (χ2n) is 33.5. The van der Waals surface area contributed by atoms with E-state index in [1.807, 2.05) is 135 Å². The monoisotopic (exact) mass is 1810 g/mol. The number of aliphatic imine (C=N–C) groups is 2. The summed E-state index contributed by atoms with van der Waals surface area (Å²) in [6, 6.07) is 37.1. The van der Waals surface area contributed by atoms with Crippen molar-refractivity contribution in [2.24, 2.45) is 30.0 Å². The van der Waals surface area contributed by atoms with Gasteiger partial charge in [-0.25, -0.2) is 46.2 Å². The molecule has 1 saturated heterocycles. The highest BCUT2D eigenvalue weighted by Crippen LogP contribution is 2.38. The standard InChI is InChI=1S/C21H20F2N6O.C19H20N6O3S.C18H19N7.C17H17N7.C17H19N7.CH4/c1-28-16-10-14(26-19-17-13(11-25-19)4-2-8-24-17)5-6-15(16)18(27-28)20(30)29-9-3-7-21(22,23)12-29;1-25-15-10-13(23-18-16-12(11-22-18)4-3-7-20-16)5-6-14(15)17(24-25)19(26)21-8-9-29(2,27)28;1-11-14-8-13(21-17-16-15(22-23-17)6-3-7-19-16)9-20-18(14)25(24-11)10-12-4-2-5-12;1-10-13-8-11(9-19-17(13)24(23-10)12-4-2-5-12)20-16-15-14(21-22-16)6-3-7-18-15;1-3-4-8-24-17-13(11(2)23-24)9-12(10-19-17)20-16-15-14(21-22-16)6-5-7-18-15;/h2,4-6,8,10H,3,7,9,11-12H2,1H3,(H,25,26);3-7,10H,8-9,11H2,1-2H3,(H,21,26)(H,22,23);3,6-9,12H,2,4-5,10H2,1H3,(H2,21,22,23);3,6-9,12H,2,4-5H2,1H3,(H2,20,21,22);5-7,9-10H,3-4,8H2,1-2H3,(H2,20,21,22);1H4. The van der Waals surface area contributed by atoms with E-state index in [1.54, 1.807) is 60.5 Å². The van der Waals surface area contributed by atoms with E-state index in [0.717, 1.165) is 183 Å². The quantitative estimate of drug-likeness (QED) is 0.0363. The Kier molecular flexibility index (Phi) is 24.9. The van der Waals surface area contributed by atoms with Crippen LogP contribution in [0.15, 0.2) is 175 Å². The number of aryl methyl sites for hydroxylation is 6. The van der Waals surface area contributed by atoms with E-state index < -0.39 is 34.1 Å². The third kappa shape index (κ3) is 18.9. The number of aromatic amines is 3. The SMILES string of the molecule is C.CCCCn1nc(C)c2cc(Nc3n[nH]c4cccnc34)cnc21.Cc1nn(C2CCC2)c2ncc(Nc3n[nH]c4cccnc34)cc12.Cc1nn(CC2CCC2)c2ncc(Nc3n[nH]c4cccnc34)cc12.Cn1nc(C(=O)N2CCCC(F)(F)C2)c2ccc(NC3=NCc4cccnc43)cc21.Cn1nc(C(=O)NCCS(C)(=O)=O)c2ccc(NC3=NCc4cccnc43)cc21. The van der Waals surface area contributed by atoms with Crippen LogP contribution in [0.5, 0.6) is 0 Å². The average molecular weight is 1810 g/mol. The molecule has 0 bridgehead atoms. The molecular weight excluding hydrogens is 1710 g/mol. The summed E-state index contributed by atoms with van der Waals surface area (Å²) in [4.78, 5) is 71.3. The van der Waals surface area contributed by atoms with Crippen LogP contribution in [0.2, 0.25) is 0 Å². The van der Waals surface area contributed by atoms with Crippen molar-refractivity contribution < 1.29 is 26.8 Å². The number of alkyl halides is 2. The van der Waals surface area contributed by atoms with Crippen molar-refractivity contribution in [3.63, 3.8) is 0 Å². The third-order valence-electron chi connectivity index (χ3n) is 24.0. The molecule has 5 aliphatic rings. The normalized spacial score (nSPS) is 14.5. The Labute approximate surface area is 761 Å². The summed E-state index contributed by atoms with van der Waals surface area (Å²) in [7, 11) is 0.344. The van der Waals surface area contributed by atoms with E-state index in [2.05, 4.69) is 162 Å². The van der Waals surface area contributed by atoms with E-state index in [-0.39, 0.29) is 44.0 Å². The highest BCUT2D eigenvalue weighted by Gasteiger charge is 2.39. The van der Waals surface area contributed by atoms with E-state index >= 15 is 0 Å². The van der Waals surface area contributed by atoms with Crippen molar-refractivity contribution in [2.75, 3.05) is 58.2 Å². The molecule has 40 heteroatoms. The first-order valence-electron chi connectivity index (χ1n) is 43.8. The van der Waals surface area contributed by atoms with Crippen molar-refractivity contribution in [3.05, 3.63) is 216 Å². The molecule has 9 N–H and O–H groups in total. The Balaban J connectivity index is 0.000000111. The van der Waals surface area contributed by atoms with Crippen LogP contribution in [-0.4, -0.2) is 194 Å². The fraction of sp³-hybridized carbons (Fsp3) is 0.312. The maximum atomic E-state index is 13.8. The number of unbranched alkanes of at least 4 members (excludes halogenated alkanes) is 1. The lowest BCUT2D eigenvalue weighted by Crippen LogP contribution is -2.45. The van der Waals surface area contributed by atoms with Gasteiger partial charge in [-0.3, -0.25) is 69.2 Å². The summed E-state index contributed by atoms with van der Waals surface area (Å²) in [6.07, 6.45) is 25.3. The van der Waals surface area contributed by atoms with E-state index in [0.29, 0.717) is 65.6 Å². The number of halogens is 2. The van der Waals surface area contributed by atoms with Crippen LogP contribution in [0, 0.1) is 26.7 Å². The van der Waals surface area contributed by atoms with Gasteiger partial charge in [-0.1, -0.05) is 39.3 Å². The fourth-order valence-electron chi connectivity index (χ4n) is 16.7. The Hall–Kier alpha value is -15.5. The lowest BCUT2D eigenvalue weighted by molar-refractivity contribution is -0.0561. The molecule has 18 aromatic rings. The highest BCUT2D eigenvalue weighted by molar-refractivity contribution is 7.90. The molecule has 680 valence electrons. The van der Waals surface area contributed by atoms with Crippen molar-refractivity contribution in [3.8, 4) is 0 Å². The number of sulfone groups is 1. The molecular formula is C93H99F2N33O4S. The Morgan fingerprint density at radius 1 is 0.519 bits per heavy atom. The van der Waals surface area contributed by atoms with E-state index in [4.69, 9.17) is 10.2 Å². The number of piperidine rings is 1. The predicted molar refractivity (Wildman–Crippen MR) is 510 cm³/mol. The number of fused-ring (bicyclic) bond motifs is 10. The molecule has 0 spiro atoms. The lowest BCUT2D eigenvalue weighted by atomic mass is 9.85. The fourth-order valence-corrected chi connectivity index (χ4v) is 17.1. The van der Waals surface area contributed by atoms with Crippen molar-refractivity contribution in [1.82, 2.24) is 130 Å². The van der Waals surface area contributed by atoms with Gasteiger partial charge >= 0.3 is 0 Å². The Morgan fingerprint density at radius 2 is 0.985 bits per heavy atom. The minimum atomic E-state index is -3.14. The Bertz CT molecular complexity index is 7600. The van der Waals surface area contributed by atoms with Crippen LogP contribution in [-0.2, 0) is 50.1 Å². The van der Waals surface area contributed by atoms with Gasteiger partial charge in [-0.05, 0) is 175 Å². The summed E-state index contributed by atoms with van der Waals surface area (Å²) >= 11 is 0. The van der Waals surface area contributed by atoms with Gasteiger partial charge in [0.15, 0.2) is 57.5 Å². The predicted octanol–water partition coefficient (Wildman–Crippen LogP) is 15.6. The van der Waals surface area contributed by atoms with Crippen molar-refractivity contribution in [2.45, 2.75) is 137 Å². The first kappa shape index (κ1) is 88.1. The van der Waals surface area contributed by atoms with Gasteiger partial charge < -0.3 is 36.8 Å². The van der Waals surface area contributed by atoms with Crippen LogP contribution in [0.25, 0.3) is 88.0 Å². The van der Waals surface area contributed by atoms with Crippen LogP contribution in [0.3, 0.4) is 0 Å². The molecule has 133 heavy (non-hydrogen) atoms. The summed E-state index contributed by atoms with van der Waals surface area (Å²) in [5.41, 5.74) is 21.0. The average Bonchev–Trinajstić information content (AvgIpc) is 1.61. The number of carbonyl (C=O) groups excluding carboxylic acids is 2. The summed E-state index contributed by atoms with van der Waals surface area (Å²) in [5.74, 6) is 0.437. The van der Waals surface area contributed by atoms with Gasteiger partial charge in [0.05, 0.1) is 112 Å². The lowest BCUT2D eigenvalue weighted by Gasteiger charge is -2.32. The molecule has 23 rings (SSSR count). The Morgan fingerprint density at radius 3 is 1.47 bits per heavy atom. The summed E-state index contributed by atoms with van der Waals surface area (Å²) < 4.78 is 59.3. The maximum absolute atomic E-state index is 13.8. The number of H-pyrrole nitrogens is 3. The number of amides is 2. The second-order valence-corrected chi connectivity index (χ2v) is 35.8. The topological polar surface area (TPSA) is 447 Å². The summed E-state index contributed by atoms with van der Waals surface area (Å²) in [5, 5.41) is 68.1. The van der Waals surface area contributed by atoms with Crippen LogP contribution >= 0.6 is 0 Å². The molecule has 2 amide bonds. The third-order valence-corrected chi connectivity index (χ3v) is 24.9. The molecule has 37 nitrogen and oxygen atoms in total. The summed E-state index contributed by atoms with van der Waals surface area (Å²) in [6.45, 7) is 11.1. The molecule has 19 heterocycles. The zero-order valence-corrected chi connectivity index (χ0v) is 74.3. The van der Waals surface area contributed by atoms with Crippen molar-refractivity contribution in [1.29, 1.82) is 0 Å². The first-order chi connectivity index (χ1) is 64.1. The number of nitrogens with zero attached hydrogens (tertiary/aromatic N) is 24. The number of likely N-dealkylation sites (tertiary alicyclic amines) is 1. The zero-order chi connectivity index (χ0) is 90.9. The molecule has 16 aromatic heterocycles. The van der Waals surface area contributed by atoms with Crippen LogP contribution in [0.1, 0.15) is 145 Å². The number of pyridine rings is 8.